The van der Waals surface area contributed by atoms with Crippen molar-refractivity contribution in [1.29, 1.82) is 0 Å². The number of carbonyl (C=O) groups excluding carboxylic acids is 1. The van der Waals surface area contributed by atoms with Gasteiger partial charge in [-0.15, -0.1) is 0 Å². The van der Waals surface area contributed by atoms with E-state index in [1.165, 1.54) is 30.3 Å². The van der Waals surface area contributed by atoms with E-state index in [4.69, 9.17) is 11.6 Å². The van der Waals surface area contributed by atoms with E-state index < -0.39 is 15.9 Å². The van der Waals surface area contributed by atoms with Gasteiger partial charge in [-0.25, -0.2) is 17.5 Å². The van der Waals surface area contributed by atoms with Crippen LogP contribution in [0, 0.1) is 19.7 Å². The second kappa shape index (κ2) is 9.28. The number of carbonyl (C=O) groups is 1. The van der Waals surface area contributed by atoms with Crippen LogP contribution in [0.4, 0.5) is 15.8 Å². The van der Waals surface area contributed by atoms with Gasteiger partial charge in [0.15, 0.2) is 0 Å². The van der Waals surface area contributed by atoms with Crippen molar-refractivity contribution in [2.24, 2.45) is 0 Å². The van der Waals surface area contributed by atoms with Gasteiger partial charge in [-0.2, -0.15) is 5.10 Å². The van der Waals surface area contributed by atoms with Crippen LogP contribution in [0.3, 0.4) is 0 Å². The molecule has 0 aliphatic rings. The Labute approximate surface area is 201 Å². The highest BCUT2D eigenvalue weighted by Crippen LogP contribution is 2.26. The molecule has 1 heterocycles. The highest BCUT2D eigenvalue weighted by molar-refractivity contribution is 7.92. The Kier molecular flexibility index (Phi) is 6.41. The zero-order valence-electron chi connectivity index (χ0n) is 18.2. The molecule has 0 fully saturated rings. The third kappa shape index (κ3) is 4.80. The van der Waals surface area contributed by atoms with E-state index in [2.05, 4.69) is 15.1 Å². The van der Waals surface area contributed by atoms with Crippen molar-refractivity contribution in [3.8, 4) is 5.69 Å². The van der Waals surface area contributed by atoms with Crippen LogP contribution in [-0.4, -0.2) is 24.1 Å². The molecule has 34 heavy (non-hydrogen) atoms. The van der Waals surface area contributed by atoms with Gasteiger partial charge >= 0.3 is 0 Å². The number of aryl methyl sites for hydroxylation is 1. The predicted molar refractivity (Wildman–Crippen MR) is 130 cm³/mol. The van der Waals surface area contributed by atoms with Crippen LogP contribution >= 0.6 is 11.6 Å². The normalized spacial score (nSPS) is 11.3. The lowest BCUT2D eigenvalue weighted by atomic mass is 10.1. The first-order chi connectivity index (χ1) is 16.2. The first-order valence-electron chi connectivity index (χ1n) is 10.2. The number of aromatic nitrogens is 2. The maximum absolute atomic E-state index is 13.3. The van der Waals surface area contributed by atoms with Crippen molar-refractivity contribution in [2.45, 2.75) is 18.7 Å². The molecule has 0 aliphatic heterocycles. The Balaban J connectivity index is 1.59. The number of nitrogens with zero attached hydrogens (tertiary/aromatic N) is 2. The standard InChI is InChI=1S/C24H20ClFN4O3S/c1-15-23(16(2)30(28-15)19-12-10-17(26)11-13-19)24(31)27-18-6-5-7-20(14-18)34(32,33)29-22-9-4-3-8-21(22)25/h3-14,29H,1-2H3,(H,27,31). The monoisotopic (exact) mass is 498 g/mol. The van der Waals surface area contributed by atoms with E-state index in [1.807, 2.05) is 0 Å². The minimum absolute atomic E-state index is 0.0410. The van der Waals surface area contributed by atoms with E-state index >= 15 is 0 Å². The lowest BCUT2D eigenvalue weighted by molar-refractivity contribution is 0.102. The third-order valence-electron chi connectivity index (χ3n) is 5.11. The Morgan fingerprint density at radius 2 is 1.71 bits per heavy atom. The maximum atomic E-state index is 13.3. The van der Waals surface area contributed by atoms with E-state index in [-0.39, 0.29) is 21.4 Å². The third-order valence-corrected chi connectivity index (χ3v) is 6.80. The van der Waals surface area contributed by atoms with Crippen molar-refractivity contribution >= 4 is 38.9 Å². The molecule has 0 radical (unpaired) electrons. The molecule has 1 aromatic heterocycles. The zero-order valence-corrected chi connectivity index (χ0v) is 19.8. The Morgan fingerprint density at radius 3 is 2.41 bits per heavy atom. The second-order valence-electron chi connectivity index (χ2n) is 7.50. The molecule has 174 valence electrons. The fourth-order valence-corrected chi connectivity index (χ4v) is 4.85. The lowest BCUT2D eigenvalue weighted by Gasteiger charge is -2.11. The quantitative estimate of drug-likeness (QED) is 0.375. The summed E-state index contributed by atoms with van der Waals surface area (Å²) < 4.78 is 42.9. The van der Waals surface area contributed by atoms with E-state index in [0.29, 0.717) is 28.3 Å². The topological polar surface area (TPSA) is 93.1 Å². The second-order valence-corrected chi connectivity index (χ2v) is 9.59. The van der Waals surface area contributed by atoms with Crippen molar-refractivity contribution in [1.82, 2.24) is 9.78 Å². The number of para-hydroxylation sites is 1. The van der Waals surface area contributed by atoms with E-state index in [0.717, 1.165) is 0 Å². The Hall–Kier alpha value is -3.69. The van der Waals surface area contributed by atoms with Gasteiger partial charge in [0.1, 0.15) is 5.82 Å². The summed E-state index contributed by atoms with van der Waals surface area (Å²) in [6.45, 7) is 3.42. The first kappa shape index (κ1) is 23.5. The molecule has 0 atom stereocenters. The van der Waals surface area contributed by atoms with Crippen LogP contribution in [0.2, 0.25) is 5.02 Å². The van der Waals surface area contributed by atoms with Crippen LogP contribution in [0.15, 0.2) is 77.7 Å². The SMILES string of the molecule is Cc1nn(-c2ccc(F)cc2)c(C)c1C(=O)Nc1cccc(S(=O)(=O)Nc2ccccc2Cl)c1. The smallest absolute Gasteiger partial charge is 0.262 e. The summed E-state index contributed by atoms with van der Waals surface area (Å²) in [5, 5.41) is 7.39. The minimum atomic E-state index is -3.94. The number of halogens is 2. The van der Waals surface area contributed by atoms with E-state index in [1.54, 1.807) is 61.0 Å². The van der Waals surface area contributed by atoms with Gasteiger partial charge in [-0.05, 0) is 68.4 Å². The van der Waals surface area contributed by atoms with Gasteiger partial charge in [0.05, 0.1) is 38.2 Å². The fraction of sp³-hybridized carbons (Fsp3) is 0.0833. The molecule has 0 spiro atoms. The number of sulfonamides is 1. The van der Waals surface area contributed by atoms with Gasteiger partial charge < -0.3 is 5.32 Å². The summed E-state index contributed by atoms with van der Waals surface area (Å²) in [7, 11) is -3.94. The summed E-state index contributed by atoms with van der Waals surface area (Å²) in [6.07, 6.45) is 0. The molecule has 4 rings (SSSR count). The van der Waals surface area contributed by atoms with Crippen LogP contribution in [0.5, 0.6) is 0 Å². The number of anilines is 2. The van der Waals surface area contributed by atoms with Crippen molar-refractivity contribution in [2.75, 3.05) is 10.0 Å². The summed E-state index contributed by atoms with van der Waals surface area (Å²) in [4.78, 5) is 13.0. The summed E-state index contributed by atoms with van der Waals surface area (Å²) >= 11 is 6.06. The molecule has 3 aromatic carbocycles. The van der Waals surface area contributed by atoms with Gasteiger partial charge in [0, 0.05) is 5.69 Å². The molecule has 0 unspecified atom stereocenters. The number of hydrogen-bond acceptors (Lipinski definition) is 4. The van der Waals surface area contributed by atoms with Gasteiger partial charge in [0.2, 0.25) is 0 Å². The minimum Gasteiger partial charge on any atom is -0.322 e. The molecule has 4 aromatic rings. The number of rotatable bonds is 6. The molecule has 0 saturated heterocycles. The first-order valence-corrected chi connectivity index (χ1v) is 12.0. The van der Waals surface area contributed by atoms with Crippen molar-refractivity contribution in [3.05, 3.63) is 101 Å². The maximum Gasteiger partial charge on any atom is 0.262 e. The van der Waals surface area contributed by atoms with Gasteiger partial charge in [0.25, 0.3) is 15.9 Å². The molecule has 7 nitrogen and oxygen atoms in total. The Morgan fingerprint density at radius 1 is 1.00 bits per heavy atom. The predicted octanol–water partition coefficient (Wildman–Crippen LogP) is 5.33. The zero-order chi connectivity index (χ0) is 24.5. The average Bonchev–Trinajstić information content (AvgIpc) is 3.10. The van der Waals surface area contributed by atoms with Crippen LogP contribution in [0.25, 0.3) is 5.69 Å². The fourth-order valence-electron chi connectivity index (χ4n) is 3.49. The van der Waals surface area contributed by atoms with Crippen LogP contribution < -0.4 is 10.0 Å². The van der Waals surface area contributed by atoms with Crippen LogP contribution in [0.1, 0.15) is 21.7 Å². The molecule has 1 amide bonds. The van der Waals surface area contributed by atoms with Crippen molar-refractivity contribution in [3.63, 3.8) is 0 Å². The van der Waals surface area contributed by atoms with Crippen molar-refractivity contribution < 1.29 is 17.6 Å². The molecular formula is C24H20ClFN4O3S. The largest absolute Gasteiger partial charge is 0.322 e. The van der Waals surface area contributed by atoms with Crippen LogP contribution in [-0.2, 0) is 10.0 Å². The average molecular weight is 499 g/mol. The molecule has 10 heteroatoms. The van der Waals surface area contributed by atoms with Gasteiger partial charge in [-0.1, -0.05) is 29.8 Å². The number of hydrogen-bond donors (Lipinski definition) is 2. The Bertz CT molecular complexity index is 1480. The summed E-state index contributed by atoms with van der Waals surface area (Å²) in [5.74, 6) is -0.820. The van der Waals surface area contributed by atoms with E-state index in [9.17, 15) is 17.6 Å². The number of nitrogens with one attached hydrogen (secondary N) is 2. The number of amides is 1. The number of benzene rings is 3. The molecule has 0 bridgehead atoms. The molecule has 0 aliphatic carbocycles. The highest BCUT2D eigenvalue weighted by atomic mass is 35.5. The highest BCUT2D eigenvalue weighted by Gasteiger charge is 2.21. The van der Waals surface area contributed by atoms with Gasteiger partial charge in [-0.3, -0.25) is 9.52 Å². The summed E-state index contributed by atoms with van der Waals surface area (Å²) in [6, 6.07) is 18.1. The molecule has 2 N–H and O–H groups in total. The summed E-state index contributed by atoms with van der Waals surface area (Å²) in [5.41, 5.74) is 2.53. The molecule has 0 saturated carbocycles. The molecular weight excluding hydrogens is 479 g/mol. The lowest BCUT2D eigenvalue weighted by Crippen LogP contribution is -2.16.